The SMILES string of the molecule is O=C(O)C(Cc1cccc(CN(Cc2cccc(CC(C(=O)O)C3CCNC3)c2)CC2CCC3(CC2)CC(CC(C(=O)O)C2CCNC2)C3)c1)C1CCNC1. The summed E-state index contributed by atoms with van der Waals surface area (Å²) in [6.45, 7) is 7.57. The molecule has 10 heteroatoms. The minimum absolute atomic E-state index is 0.152. The van der Waals surface area contributed by atoms with E-state index in [2.05, 4.69) is 69.4 Å². The van der Waals surface area contributed by atoms with Gasteiger partial charge >= 0.3 is 17.9 Å². The van der Waals surface area contributed by atoms with E-state index < -0.39 is 29.7 Å². The number of carboxylic acids is 3. The third kappa shape index (κ3) is 10.4. The van der Waals surface area contributed by atoms with Crippen LogP contribution in [0.2, 0.25) is 0 Å². The molecule has 2 aromatic carbocycles. The zero-order valence-electron chi connectivity index (χ0n) is 32.6. The van der Waals surface area contributed by atoms with Gasteiger partial charge in [0.15, 0.2) is 0 Å². The molecule has 2 aromatic rings. The molecular formula is C45H64N4O6. The second-order valence-corrected chi connectivity index (χ2v) is 18.3. The summed E-state index contributed by atoms with van der Waals surface area (Å²) in [5.74, 6) is -1.37. The zero-order valence-corrected chi connectivity index (χ0v) is 32.6. The fourth-order valence-corrected chi connectivity index (χ4v) is 11.3. The van der Waals surface area contributed by atoms with Crippen LogP contribution in [0.3, 0.4) is 0 Å². The van der Waals surface area contributed by atoms with Gasteiger partial charge in [0.1, 0.15) is 0 Å². The number of nitrogens with zero attached hydrogens (tertiary/aromatic N) is 1. The number of nitrogens with one attached hydrogen (secondary N) is 3. The topological polar surface area (TPSA) is 151 Å². The maximum absolute atomic E-state index is 12.3. The van der Waals surface area contributed by atoms with Gasteiger partial charge in [0.25, 0.3) is 0 Å². The maximum atomic E-state index is 12.3. The Morgan fingerprint density at radius 3 is 1.47 bits per heavy atom. The highest BCUT2D eigenvalue weighted by Gasteiger charge is 2.48. The molecule has 10 nitrogen and oxygen atoms in total. The molecule has 1 spiro atoms. The van der Waals surface area contributed by atoms with Crippen molar-refractivity contribution < 1.29 is 29.7 Å². The highest BCUT2D eigenvalue weighted by Crippen LogP contribution is 2.57. The lowest BCUT2D eigenvalue weighted by Gasteiger charge is -2.53. The number of rotatable bonds is 18. The Kier molecular flexibility index (Phi) is 13.3. The molecule has 3 saturated heterocycles. The molecule has 6 atom stereocenters. The van der Waals surface area contributed by atoms with E-state index in [1.807, 2.05) is 0 Å². The van der Waals surface area contributed by atoms with E-state index in [-0.39, 0.29) is 23.7 Å². The molecule has 6 N–H and O–H groups in total. The summed E-state index contributed by atoms with van der Waals surface area (Å²) in [5.41, 5.74) is 4.93. The zero-order chi connectivity index (χ0) is 38.4. The van der Waals surface area contributed by atoms with Crippen molar-refractivity contribution >= 4 is 17.9 Å². The van der Waals surface area contributed by atoms with Crippen molar-refractivity contribution in [3.8, 4) is 0 Å². The molecule has 5 fully saturated rings. The first-order valence-corrected chi connectivity index (χ1v) is 21.3. The summed E-state index contributed by atoms with van der Waals surface area (Å²) in [5, 5.41) is 40.2. The predicted octanol–water partition coefficient (Wildman–Crippen LogP) is 5.68. The molecule has 3 heterocycles. The van der Waals surface area contributed by atoms with Crippen LogP contribution < -0.4 is 16.0 Å². The van der Waals surface area contributed by atoms with Crippen molar-refractivity contribution in [1.29, 1.82) is 0 Å². The Labute approximate surface area is 327 Å². The van der Waals surface area contributed by atoms with Gasteiger partial charge in [-0.25, -0.2) is 0 Å². The van der Waals surface area contributed by atoms with Crippen LogP contribution in [0.5, 0.6) is 0 Å². The fraction of sp³-hybridized carbons (Fsp3) is 0.667. The molecule has 6 unspecified atom stereocenters. The smallest absolute Gasteiger partial charge is 0.307 e. The fourth-order valence-electron chi connectivity index (χ4n) is 11.3. The number of carbonyl (C=O) groups is 3. The molecule has 0 bridgehead atoms. The lowest BCUT2D eigenvalue weighted by atomic mass is 9.53. The van der Waals surface area contributed by atoms with Crippen molar-refractivity contribution in [2.45, 2.75) is 90.1 Å². The van der Waals surface area contributed by atoms with Crippen molar-refractivity contribution in [2.75, 3.05) is 45.8 Å². The largest absolute Gasteiger partial charge is 0.481 e. The molecule has 3 aliphatic heterocycles. The van der Waals surface area contributed by atoms with Crippen LogP contribution in [0.15, 0.2) is 48.5 Å². The molecule has 0 amide bonds. The van der Waals surface area contributed by atoms with Crippen molar-refractivity contribution in [1.82, 2.24) is 20.9 Å². The number of aliphatic carboxylic acids is 3. The first kappa shape index (κ1) is 39.9. The van der Waals surface area contributed by atoms with Gasteiger partial charge in [0.05, 0.1) is 17.8 Å². The summed E-state index contributed by atoms with van der Waals surface area (Å²) in [6.07, 6.45) is 11.8. The average Bonchev–Trinajstić information content (AvgIpc) is 3.97. The first-order valence-electron chi connectivity index (χ1n) is 21.3. The predicted molar refractivity (Wildman–Crippen MR) is 212 cm³/mol. The monoisotopic (exact) mass is 756 g/mol. The van der Waals surface area contributed by atoms with Crippen molar-refractivity contribution in [3.05, 3.63) is 70.8 Å². The minimum atomic E-state index is -0.712. The third-order valence-electron chi connectivity index (χ3n) is 14.4. The van der Waals surface area contributed by atoms with E-state index in [0.717, 1.165) is 95.7 Å². The number of hydrogen-bond acceptors (Lipinski definition) is 7. The number of carboxylic acid groups (broad SMARTS) is 3. The van der Waals surface area contributed by atoms with Gasteiger partial charge in [0.2, 0.25) is 0 Å². The van der Waals surface area contributed by atoms with Crippen molar-refractivity contribution in [2.24, 2.45) is 52.8 Å². The summed E-state index contributed by atoms with van der Waals surface area (Å²) in [7, 11) is 0. The molecule has 2 aliphatic carbocycles. The highest BCUT2D eigenvalue weighted by molar-refractivity contribution is 5.71. The van der Waals surface area contributed by atoms with Gasteiger partial charge in [-0.3, -0.25) is 19.3 Å². The van der Waals surface area contributed by atoms with Gasteiger partial charge in [-0.15, -0.1) is 0 Å². The average molecular weight is 757 g/mol. The van der Waals surface area contributed by atoms with E-state index >= 15 is 0 Å². The molecular weight excluding hydrogens is 693 g/mol. The lowest BCUT2D eigenvalue weighted by Crippen LogP contribution is -2.43. The first-order chi connectivity index (χ1) is 26.6. The van der Waals surface area contributed by atoms with Gasteiger partial charge < -0.3 is 31.3 Å². The minimum Gasteiger partial charge on any atom is -0.481 e. The molecule has 55 heavy (non-hydrogen) atoms. The van der Waals surface area contributed by atoms with Crippen molar-refractivity contribution in [3.63, 3.8) is 0 Å². The van der Waals surface area contributed by atoms with Crippen LogP contribution >= 0.6 is 0 Å². The third-order valence-corrected chi connectivity index (χ3v) is 14.4. The maximum Gasteiger partial charge on any atom is 0.307 e. The van der Waals surface area contributed by atoms with E-state index in [4.69, 9.17) is 0 Å². The van der Waals surface area contributed by atoms with E-state index in [9.17, 15) is 29.7 Å². The van der Waals surface area contributed by atoms with Crippen LogP contribution in [0.1, 0.15) is 86.5 Å². The van der Waals surface area contributed by atoms with Gasteiger partial charge in [-0.1, -0.05) is 48.5 Å². The summed E-state index contributed by atoms with van der Waals surface area (Å²) in [6, 6.07) is 17.1. The van der Waals surface area contributed by atoms with Crippen LogP contribution in [-0.4, -0.2) is 83.9 Å². The summed E-state index contributed by atoms with van der Waals surface area (Å²) >= 11 is 0. The lowest BCUT2D eigenvalue weighted by molar-refractivity contribution is -0.146. The van der Waals surface area contributed by atoms with Gasteiger partial charge in [0, 0.05) is 19.6 Å². The summed E-state index contributed by atoms with van der Waals surface area (Å²) < 4.78 is 0. The Balaban J connectivity index is 1.01. The molecule has 300 valence electrons. The molecule has 7 rings (SSSR count). The Morgan fingerprint density at radius 2 is 1.05 bits per heavy atom. The van der Waals surface area contributed by atoms with Crippen LogP contribution in [-0.2, 0) is 40.3 Å². The van der Waals surface area contributed by atoms with E-state index in [1.165, 1.54) is 49.7 Å². The quantitative estimate of drug-likeness (QED) is 0.112. The Morgan fingerprint density at radius 1 is 0.618 bits per heavy atom. The second kappa shape index (κ2) is 18.3. The Bertz CT molecular complexity index is 1520. The van der Waals surface area contributed by atoms with Gasteiger partial charge in [-0.2, -0.15) is 0 Å². The van der Waals surface area contributed by atoms with E-state index in [0.29, 0.717) is 30.1 Å². The normalized spacial score (nSPS) is 29.6. The summed E-state index contributed by atoms with van der Waals surface area (Å²) in [4.78, 5) is 39.3. The standard InChI is InChI=1S/C45H64N4O6/c50-42(51)39(36-9-14-46-24-36)19-31-3-1-5-33(17-31)28-49(29-34-6-2-4-32(18-34)20-40(43(52)53)37-10-15-47-25-37)27-30-7-12-45(13-8-30)22-35(23-45)21-41(44(54)55)38-11-16-48-26-38/h1-6,17-18,30,35-41,46-48H,7-16,19-29H2,(H,50,51)(H,52,53)(H,54,55). The van der Waals surface area contributed by atoms with E-state index in [1.54, 1.807) is 0 Å². The van der Waals surface area contributed by atoms with Crippen LogP contribution in [0.25, 0.3) is 0 Å². The second-order valence-electron chi connectivity index (χ2n) is 18.3. The van der Waals surface area contributed by atoms with Crippen LogP contribution in [0.4, 0.5) is 0 Å². The number of benzene rings is 2. The number of hydrogen-bond donors (Lipinski definition) is 6. The molecule has 2 saturated carbocycles. The van der Waals surface area contributed by atoms with Gasteiger partial charge in [-0.05, 0) is 174 Å². The molecule has 5 aliphatic rings. The Hall–Kier alpha value is -3.31. The highest BCUT2D eigenvalue weighted by atomic mass is 16.4. The molecule has 0 aromatic heterocycles. The molecule has 0 radical (unpaired) electrons. The van der Waals surface area contributed by atoms with Crippen LogP contribution in [0, 0.1) is 52.8 Å².